The van der Waals surface area contributed by atoms with Crippen LogP contribution in [0.3, 0.4) is 0 Å². The Balaban J connectivity index is 1.89. The number of fused-ring (bicyclic) bond motifs is 1. The number of ether oxygens (including phenoxy) is 1. The fourth-order valence-electron chi connectivity index (χ4n) is 4.07. The van der Waals surface area contributed by atoms with E-state index in [-0.39, 0.29) is 36.3 Å². The minimum absolute atomic E-state index is 0.0271. The van der Waals surface area contributed by atoms with Crippen molar-refractivity contribution >= 4 is 11.2 Å². The van der Waals surface area contributed by atoms with Gasteiger partial charge in [-0.05, 0) is 39.2 Å². The van der Waals surface area contributed by atoms with Crippen molar-refractivity contribution in [2.75, 3.05) is 6.61 Å². The van der Waals surface area contributed by atoms with Crippen molar-refractivity contribution in [2.24, 2.45) is 7.05 Å². The maximum Gasteiger partial charge on any atom is 0.158 e. The lowest BCUT2D eigenvalue weighted by Gasteiger charge is -2.28. The van der Waals surface area contributed by atoms with Crippen molar-refractivity contribution < 1.29 is 9.84 Å². The van der Waals surface area contributed by atoms with E-state index in [0.717, 1.165) is 36.1 Å². The zero-order valence-electron chi connectivity index (χ0n) is 17.5. The van der Waals surface area contributed by atoms with Crippen LogP contribution in [-0.4, -0.2) is 44.5 Å². The molecule has 0 amide bonds. The van der Waals surface area contributed by atoms with Gasteiger partial charge in [-0.2, -0.15) is 0 Å². The number of nitrogens with one attached hydrogen (secondary N) is 1. The molecule has 0 spiro atoms. The van der Waals surface area contributed by atoms with E-state index in [2.05, 4.69) is 48.8 Å². The van der Waals surface area contributed by atoms with Gasteiger partial charge < -0.3 is 19.7 Å². The average molecular weight is 375 g/mol. The molecule has 6 nitrogen and oxygen atoms in total. The smallest absolute Gasteiger partial charge is 0.158 e. The molecule has 0 saturated carbocycles. The molecule has 3 heterocycles. The number of rotatable bonds is 4. The highest BCUT2D eigenvalue weighted by Gasteiger charge is 2.30. The number of nitrogens with zero attached hydrogens (tertiary/aromatic N) is 3. The van der Waals surface area contributed by atoms with Crippen molar-refractivity contribution in [1.82, 2.24) is 19.9 Å². The summed E-state index contributed by atoms with van der Waals surface area (Å²) in [6.07, 6.45) is 5.00. The molecular weight excluding hydrogens is 340 g/mol. The third kappa shape index (κ3) is 4.33. The van der Waals surface area contributed by atoms with Crippen LogP contribution in [0.5, 0.6) is 0 Å². The molecule has 2 N–H and O–H groups in total. The number of aryl methyl sites for hydroxylation is 1. The van der Waals surface area contributed by atoms with Gasteiger partial charge in [-0.25, -0.2) is 4.98 Å². The normalized spacial score (nSPS) is 24.5. The van der Waals surface area contributed by atoms with E-state index in [1.54, 1.807) is 0 Å². The van der Waals surface area contributed by atoms with Gasteiger partial charge >= 0.3 is 0 Å². The Labute approximate surface area is 162 Å². The fourth-order valence-corrected chi connectivity index (χ4v) is 4.07. The van der Waals surface area contributed by atoms with E-state index >= 15 is 0 Å². The van der Waals surface area contributed by atoms with E-state index in [4.69, 9.17) is 9.72 Å². The Morgan fingerprint density at radius 1 is 1.33 bits per heavy atom. The first kappa shape index (κ1) is 20.2. The molecule has 0 aromatic carbocycles. The third-order valence-corrected chi connectivity index (χ3v) is 5.37. The monoisotopic (exact) mass is 374 g/mol. The fraction of sp³-hybridized carbons (Fsp3) is 0.714. The van der Waals surface area contributed by atoms with E-state index in [1.165, 1.54) is 5.69 Å². The predicted octanol–water partition coefficient (Wildman–Crippen LogP) is 3.23. The molecule has 0 bridgehead atoms. The average Bonchev–Trinajstić information content (AvgIpc) is 2.80. The van der Waals surface area contributed by atoms with Crippen LogP contribution in [0.2, 0.25) is 0 Å². The Morgan fingerprint density at radius 2 is 2.07 bits per heavy atom. The lowest BCUT2D eigenvalue weighted by Crippen LogP contribution is -2.45. The molecule has 6 heteroatoms. The number of aromatic nitrogens is 3. The summed E-state index contributed by atoms with van der Waals surface area (Å²) in [5.74, 6) is 0. The molecule has 27 heavy (non-hydrogen) atoms. The highest BCUT2D eigenvalue weighted by atomic mass is 16.5. The van der Waals surface area contributed by atoms with Crippen LogP contribution in [0.25, 0.3) is 11.2 Å². The molecule has 2 aromatic rings. The SMILES string of the molecule is CC(C)O[C@@H]1CCC[C@H](c2cnc3cc(C(C)(C)C)n(C)c3n2)N[C@H]1CO. The van der Waals surface area contributed by atoms with E-state index < -0.39 is 0 Å². The zero-order valence-corrected chi connectivity index (χ0v) is 17.5. The first-order valence-electron chi connectivity index (χ1n) is 10.1. The standard InChI is InChI=1S/C21H34N4O2/c1-13(2)27-18-9-7-8-14(23-17(18)12-26)16-11-22-15-10-19(21(3,4)5)25(6)20(15)24-16/h10-11,13-14,17-18,23,26H,7-9,12H2,1-6H3/t14-,17+,18-/m1/s1. The van der Waals surface area contributed by atoms with Crippen LogP contribution in [0, 0.1) is 0 Å². The summed E-state index contributed by atoms with van der Waals surface area (Å²) in [7, 11) is 2.06. The van der Waals surface area contributed by atoms with E-state index in [9.17, 15) is 5.11 Å². The van der Waals surface area contributed by atoms with Gasteiger partial charge in [-0.15, -0.1) is 0 Å². The largest absolute Gasteiger partial charge is 0.395 e. The summed E-state index contributed by atoms with van der Waals surface area (Å²) < 4.78 is 8.18. The Kier molecular flexibility index (Phi) is 5.89. The second-order valence-corrected chi connectivity index (χ2v) is 9.00. The van der Waals surface area contributed by atoms with Gasteiger partial charge in [-0.1, -0.05) is 20.8 Å². The summed E-state index contributed by atoms with van der Waals surface area (Å²) in [5, 5.41) is 13.5. The second kappa shape index (κ2) is 7.86. The molecule has 3 atom stereocenters. The summed E-state index contributed by atoms with van der Waals surface area (Å²) in [4.78, 5) is 9.63. The first-order chi connectivity index (χ1) is 12.7. The maximum absolute atomic E-state index is 9.89. The molecule has 1 fully saturated rings. The topological polar surface area (TPSA) is 72.2 Å². The molecule has 1 aliphatic rings. The van der Waals surface area contributed by atoms with Gasteiger partial charge in [0, 0.05) is 18.2 Å². The van der Waals surface area contributed by atoms with Gasteiger partial charge in [0.2, 0.25) is 0 Å². The van der Waals surface area contributed by atoms with Crippen molar-refractivity contribution in [3.63, 3.8) is 0 Å². The Morgan fingerprint density at radius 3 is 2.70 bits per heavy atom. The van der Waals surface area contributed by atoms with Crippen LogP contribution in [0.15, 0.2) is 12.3 Å². The molecule has 0 aliphatic carbocycles. The number of aliphatic hydroxyl groups is 1. The maximum atomic E-state index is 9.89. The number of hydrogen-bond acceptors (Lipinski definition) is 5. The Hall–Kier alpha value is -1.50. The molecule has 0 radical (unpaired) electrons. The van der Waals surface area contributed by atoms with Gasteiger partial charge in [0.1, 0.15) is 5.52 Å². The van der Waals surface area contributed by atoms with Crippen LogP contribution < -0.4 is 5.32 Å². The first-order valence-corrected chi connectivity index (χ1v) is 10.1. The molecule has 1 saturated heterocycles. The summed E-state index contributed by atoms with van der Waals surface area (Å²) in [6.45, 7) is 10.7. The van der Waals surface area contributed by atoms with Crippen molar-refractivity contribution in [2.45, 2.75) is 83.6 Å². The minimum Gasteiger partial charge on any atom is -0.395 e. The van der Waals surface area contributed by atoms with Crippen molar-refractivity contribution in [3.05, 3.63) is 23.7 Å². The predicted molar refractivity (Wildman–Crippen MR) is 108 cm³/mol. The molecule has 0 unspecified atom stereocenters. The van der Waals surface area contributed by atoms with Crippen LogP contribution in [0.4, 0.5) is 0 Å². The molecule has 1 aliphatic heterocycles. The van der Waals surface area contributed by atoms with Crippen molar-refractivity contribution in [3.8, 4) is 0 Å². The van der Waals surface area contributed by atoms with Gasteiger partial charge in [0.05, 0.1) is 42.8 Å². The highest BCUT2D eigenvalue weighted by Crippen LogP contribution is 2.29. The lowest BCUT2D eigenvalue weighted by atomic mass is 9.92. The summed E-state index contributed by atoms with van der Waals surface area (Å²) in [5.41, 5.74) is 4.05. The van der Waals surface area contributed by atoms with Crippen LogP contribution in [0.1, 0.15) is 71.3 Å². The Bertz CT molecular complexity index is 778. The van der Waals surface area contributed by atoms with Crippen molar-refractivity contribution in [1.29, 1.82) is 0 Å². The van der Waals surface area contributed by atoms with Gasteiger partial charge in [-0.3, -0.25) is 4.98 Å². The number of hydrogen-bond donors (Lipinski definition) is 2. The van der Waals surface area contributed by atoms with Gasteiger partial charge in [0.25, 0.3) is 0 Å². The molecule has 150 valence electrons. The van der Waals surface area contributed by atoms with Crippen LogP contribution in [-0.2, 0) is 17.2 Å². The molecule has 2 aromatic heterocycles. The summed E-state index contributed by atoms with van der Waals surface area (Å²) >= 11 is 0. The zero-order chi connectivity index (χ0) is 19.8. The molecule has 3 rings (SSSR count). The minimum atomic E-state index is -0.0871. The van der Waals surface area contributed by atoms with Crippen LogP contribution >= 0.6 is 0 Å². The van der Waals surface area contributed by atoms with E-state index in [1.807, 2.05) is 20.0 Å². The van der Waals surface area contributed by atoms with Gasteiger partial charge in [0.15, 0.2) is 5.65 Å². The quantitative estimate of drug-likeness (QED) is 0.860. The lowest BCUT2D eigenvalue weighted by molar-refractivity contribution is -0.0268. The molecular formula is C21H34N4O2. The summed E-state index contributed by atoms with van der Waals surface area (Å²) in [6, 6.07) is 2.12. The number of aliphatic hydroxyl groups excluding tert-OH is 1. The highest BCUT2D eigenvalue weighted by molar-refractivity contribution is 5.73. The third-order valence-electron chi connectivity index (χ3n) is 5.37. The van der Waals surface area contributed by atoms with E-state index in [0.29, 0.717) is 0 Å². The second-order valence-electron chi connectivity index (χ2n) is 9.00.